The van der Waals surface area contributed by atoms with E-state index in [2.05, 4.69) is 32.9 Å². The van der Waals surface area contributed by atoms with Crippen molar-refractivity contribution in [2.75, 3.05) is 6.16 Å². The van der Waals surface area contributed by atoms with Gasteiger partial charge in [0.1, 0.15) is 0 Å². The second-order valence-corrected chi connectivity index (χ2v) is 4.77. The summed E-state index contributed by atoms with van der Waals surface area (Å²) in [6.45, 7) is 6.59. The molecule has 2 heteroatoms. The molecule has 1 aliphatic carbocycles. The maximum atomic E-state index is 10.5. The van der Waals surface area contributed by atoms with Crippen LogP contribution < -0.4 is 0 Å². The van der Waals surface area contributed by atoms with Crippen LogP contribution in [-0.2, 0) is 4.57 Å². The largest absolute Gasteiger partial charge is 0.329 e. The summed E-state index contributed by atoms with van der Waals surface area (Å²) in [5, 5.41) is 0. The van der Waals surface area contributed by atoms with Crippen molar-refractivity contribution in [2.24, 2.45) is 5.41 Å². The van der Waals surface area contributed by atoms with Crippen LogP contribution >= 0.6 is 8.46 Å². The fourth-order valence-corrected chi connectivity index (χ4v) is 2.19. The topological polar surface area (TPSA) is 17.1 Å². The number of hydrogen-bond acceptors (Lipinski definition) is 1. The molecule has 0 N–H and O–H groups in total. The smallest absolute Gasteiger partial charge is 0.0781 e. The molecule has 0 aromatic heterocycles. The van der Waals surface area contributed by atoms with Crippen LogP contribution in [0.2, 0.25) is 0 Å². The van der Waals surface area contributed by atoms with Crippen LogP contribution in [0.25, 0.3) is 0 Å². The Labute approximate surface area is 75.8 Å². The van der Waals surface area contributed by atoms with Gasteiger partial charge in [0.2, 0.25) is 0 Å². The zero-order valence-electron chi connectivity index (χ0n) is 7.98. The minimum Gasteiger partial charge on any atom is -0.0781 e. The van der Waals surface area contributed by atoms with Gasteiger partial charge in [-0.1, -0.05) is 36.1 Å². The highest BCUT2D eigenvalue weighted by atomic mass is 31.1. The summed E-state index contributed by atoms with van der Waals surface area (Å²) >= 11 is 0. The van der Waals surface area contributed by atoms with E-state index in [-0.39, 0.29) is 8.46 Å². The normalized spacial score (nSPS) is 21.9. The number of rotatable bonds is 2. The third kappa shape index (κ3) is 2.28. The molecule has 0 aromatic rings. The van der Waals surface area contributed by atoms with Crippen molar-refractivity contribution < 1.29 is 4.57 Å². The summed E-state index contributed by atoms with van der Waals surface area (Å²) in [6, 6.07) is 0. The molecule has 66 valence electrons. The standard InChI is InChI=1S/C10H15OP/c1-8-6-10(2,3)5-4-9(8)7-12-11/h4-5H,6-7H2,1-3H3/p+1. The minimum absolute atomic E-state index is 0.203. The maximum absolute atomic E-state index is 10.5. The van der Waals surface area contributed by atoms with Gasteiger partial charge in [-0.25, -0.2) is 0 Å². The quantitative estimate of drug-likeness (QED) is 0.600. The van der Waals surface area contributed by atoms with Crippen molar-refractivity contribution in [1.82, 2.24) is 0 Å². The maximum Gasteiger partial charge on any atom is 0.329 e. The van der Waals surface area contributed by atoms with Crippen LogP contribution in [0, 0.1) is 5.41 Å². The van der Waals surface area contributed by atoms with E-state index in [0.29, 0.717) is 5.41 Å². The van der Waals surface area contributed by atoms with Gasteiger partial charge in [0.05, 0.1) is 0 Å². The Morgan fingerprint density at radius 2 is 2.25 bits per heavy atom. The van der Waals surface area contributed by atoms with Crippen molar-refractivity contribution in [3.63, 3.8) is 0 Å². The zero-order chi connectivity index (χ0) is 9.19. The predicted octanol–water partition coefficient (Wildman–Crippen LogP) is 3.31. The third-order valence-corrected chi connectivity index (χ3v) is 2.79. The van der Waals surface area contributed by atoms with E-state index in [0.717, 1.165) is 12.6 Å². The molecule has 0 saturated carbocycles. The molecule has 1 aliphatic rings. The van der Waals surface area contributed by atoms with Gasteiger partial charge in [0, 0.05) is 0 Å². The summed E-state index contributed by atoms with van der Waals surface area (Å²) in [7, 11) is -0.203. The third-order valence-electron chi connectivity index (χ3n) is 2.27. The van der Waals surface area contributed by atoms with Crippen molar-refractivity contribution >= 4 is 8.46 Å². The highest BCUT2D eigenvalue weighted by Gasteiger charge is 2.20. The second-order valence-electron chi connectivity index (χ2n) is 4.13. The van der Waals surface area contributed by atoms with Crippen molar-refractivity contribution in [3.8, 4) is 0 Å². The first-order valence-electron chi connectivity index (χ1n) is 4.28. The Morgan fingerprint density at radius 3 is 2.75 bits per heavy atom. The Hall–Kier alpha value is -0.420. The molecule has 0 aromatic carbocycles. The molecular formula is C10H16OP+. The fraction of sp³-hybridized carbons (Fsp3) is 0.600. The van der Waals surface area contributed by atoms with Crippen LogP contribution in [0.15, 0.2) is 23.3 Å². The van der Waals surface area contributed by atoms with Gasteiger partial charge < -0.3 is 0 Å². The van der Waals surface area contributed by atoms with Crippen molar-refractivity contribution in [1.29, 1.82) is 0 Å². The van der Waals surface area contributed by atoms with Crippen LogP contribution in [0.4, 0.5) is 0 Å². The van der Waals surface area contributed by atoms with Crippen molar-refractivity contribution in [3.05, 3.63) is 23.3 Å². The molecule has 0 heterocycles. The summed E-state index contributed by atoms with van der Waals surface area (Å²) in [5.74, 6) is 0. The van der Waals surface area contributed by atoms with Gasteiger partial charge in [-0.15, -0.1) is 0 Å². The Morgan fingerprint density at radius 1 is 1.58 bits per heavy atom. The number of allylic oxidation sites excluding steroid dienone is 4. The van der Waals surface area contributed by atoms with Crippen LogP contribution in [0.3, 0.4) is 0 Å². The summed E-state index contributed by atoms with van der Waals surface area (Å²) in [5.41, 5.74) is 2.95. The first kappa shape index (κ1) is 9.67. The average molecular weight is 183 g/mol. The van der Waals surface area contributed by atoms with Gasteiger partial charge in [-0.2, -0.15) is 0 Å². The molecule has 0 radical (unpaired) electrons. The lowest BCUT2D eigenvalue weighted by atomic mass is 9.80. The molecule has 12 heavy (non-hydrogen) atoms. The summed E-state index contributed by atoms with van der Waals surface area (Å²) < 4.78 is 10.5. The summed E-state index contributed by atoms with van der Waals surface area (Å²) in [4.78, 5) is 0. The molecule has 1 atom stereocenters. The lowest BCUT2D eigenvalue weighted by Crippen LogP contribution is -2.12. The van der Waals surface area contributed by atoms with E-state index in [1.807, 2.05) is 0 Å². The molecular weight excluding hydrogens is 167 g/mol. The van der Waals surface area contributed by atoms with Gasteiger partial charge in [0.15, 0.2) is 6.16 Å². The molecule has 0 aliphatic heterocycles. The van der Waals surface area contributed by atoms with E-state index >= 15 is 0 Å². The molecule has 1 unspecified atom stereocenters. The lowest BCUT2D eigenvalue weighted by Gasteiger charge is -2.25. The van der Waals surface area contributed by atoms with E-state index in [1.54, 1.807) is 0 Å². The molecule has 1 nitrogen and oxygen atoms in total. The lowest BCUT2D eigenvalue weighted by molar-refractivity contribution is 0.467. The highest BCUT2D eigenvalue weighted by molar-refractivity contribution is 7.24. The first-order valence-corrected chi connectivity index (χ1v) is 5.39. The van der Waals surface area contributed by atoms with Gasteiger partial charge >= 0.3 is 8.46 Å². The summed E-state index contributed by atoms with van der Waals surface area (Å²) in [6.07, 6.45) is 6.17. The number of hydrogen-bond donors (Lipinski definition) is 0. The Balaban J connectivity index is 2.80. The molecule has 0 fully saturated rings. The molecule has 0 spiro atoms. The van der Waals surface area contributed by atoms with E-state index in [4.69, 9.17) is 0 Å². The average Bonchev–Trinajstić information content (AvgIpc) is 1.94. The fourth-order valence-electron chi connectivity index (χ4n) is 1.61. The van der Waals surface area contributed by atoms with Crippen LogP contribution in [0.1, 0.15) is 27.2 Å². The van der Waals surface area contributed by atoms with E-state index in [1.165, 1.54) is 11.1 Å². The van der Waals surface area contributed by atoms with Crippen molar-refractivity contribution in [2.45, 2.75) is 27.2 Å². The molecule has 0 amide bonds. The minimum atomic E-state index is -0.203. The molecule has 0 saturated heterocycles. The first-order chi connectivity index (χ1) is 5.55. The monoisotopic (exact) mass is 183 g/mol. The van der Waals surface area contributed by atoms with E-state index < -0.39 is 0 Å². The van der Waals surface area contributed by atoms with Gasteiger partial charge in [-0.3, -0.25) is 0 Å². The predicted molar refractivity (Wildman–Crippen MR) is 54.1 cm³/mol. The van der Waals surface area contributed by atoms with Crippen LogP contribution in [0.5, 0.6) is 0 Å². The Bertz CT molecular complexity index is 249. The SMILES string of the molecule is CC1=C(C[PH+]=O)C=CC(C)(C)C1. The second kappa shape index (κ2) is 3.53. The molecule has 1 rings (SSSR count). The van der Waals surface area contributed by atoms with E-state index in [9.17, 15) is 4.57 Å². The van der Waals surface area contributed by atoms with Crippen LogP contribution in [-0.4, -0.2) is 6.16 Å². The highest BCUT2D eigenvalue weighted by Crippen LogP contribution is 2.33. The molecule has 0 bridgehead atoms. The van der Waals surface area contributed by atoms with Gasteiger partial charge in [0.25, 0.3) is 0 Å². The Kier molecular flexibility index (Phi) is 2.85. The zero-order valence-corrected chi connectivity index (χ0v) is 8.98. The van der Waals surface area contributed by atoms with Gasteiger partial charge in [-0.05, 0) is 24.3 Å².